The summed E-state index contributed by atoms with van der Waals surface area (Å²) >= 11 is 0. The normalized spacial score (nSPS) is 15.6. The van der Waals surface area contributed by atoms with Crippen molar-refractivity contribution in [2.24, 2.45) is 11.7 Å². The van der Waals surface area contributed by atoms with Crippen molar-refractivity contribution in [3.63, 3.8) is 0 Å². The number of benzene rings is 1. The van der Waals surface area contributed by atoms with Gasteiger partial charge < -0.3 is 10.3 Å². The van der Waals surface area contributed by atoms with Crippen LogP contribution in [0.5, 0.6) is 0 Å². The van der Waals surface area contributed by atoms with Gasteiger partial charge in [-0.25, -0.2) is 0 Å². The topological polar surface area (TPSA) is 30.9 Å². The first-order valence-corrected chi connectivity index (χ1v) is 6.48. The van der Waals surface area contributed by atoms with E-state index in [1.807, 2.05) is 0 Å². The SMILES string of the molecule is NCCCn1cc(CC2[CH]C2)c2ccccc21. The number of nitrogens with zero attached hydrogens (tertiary/aromatic N) is 1. The van der Waals surface area contributed by atoms with Crippen molar-refractivity contribution in [3.8, 4) is 0 Å². The number of fused-ring (bicyclic) bond motifs is 1. The average molecular weight is 227 g/mol. The van der Waals surface area contributed by atoms with E-state index in [9.17, 15) is 0 Å². The molecule has 0 spiro atoms. The molecule has 1 unspecified atom stereocenters. The van der Waals surface area contributed by atoms with E-state index in [1.165, 1.54) is 29.3 Å². The molecule has 1 fully saturated rings. The molecule has 1 radical (unpaired) electrons. The zero-order valence-electron chi connectivity index (χ0n) is 10.1. The van der Waals surface area contributed by atoms with Gasteiger partial charge in [0.25, 0.3) is 0 Å². The lowest BCUT2D eigenvalue weighted by Crippen LogP contribution is -2.04. The summed E-state index contributed by atoms with van der Waals surface area (Å²) < 4.78 is 2.36. The van der Waals surface area contributed by atoms with Gasteiger partial charge >= 0.3 is 0 Å². The van der Waals surface area contributed by atoms with E-state index in [2.05, 4.69) is 41.5 Å². The van der Waals surface area contributed by atoms with Crippen molar-refractivity contribution >= 4 is 10.9 Å². The van der Waals surface area contributed by atoms with Crippen molar-refractivity contribution in [2.75, 3.05) is 6.54 Å². The fourth-order valence-electron chi connectivity index (χ4n) is 2.48. The van der Waals surface area contributed by atoms with Gasteiger partial charge in [0.15, 0.2) is 0 Å². The average Bonchev–Trinajstić information content (AvgIpc) is 3.10. The summed E-state index contributed by atoms with van der Waals surface area (Å²) in [7, 11) is 0. The van der Waals surface area contributed by atoms with Crippen LogP contribution in [0.3, 0.4) is 0 Å². The molecule has 1 heterocycles. The molecule has 0 bridgehead atoms. The lowest BCUT2D eigenvalue weighted by Gasteiger charge is -2.02. The van der Waals surface area contributed by atoms with Crippen molar-refractivity contribution in [2.45, 2.75) is 25.8 Å². The Morgan fingerprint density at radius 3 is 2.88 bits per heavy atom. The second kappa shape index (κ2) is 4.53. The van der Waals surface area contributed by atoms with Crippen LogP contribution in [0.2, 0.25) is 0 Å². The Morgan fingerprint density at radius 1 is 1.29 bits per heavy atom. The fourth-order valence-corrected chi connectivity index (χ4v) is 2.48. The van der Waals surface area contributed by atoms with Crippen molar-refractivity contribution in [3.05, 3.63) is 42.4 Å². The molecule has 0 saturated heterocycles. The van der Waals surface area contributed by atoms with E-state index in [1.54, 1.807) is 0 Å². The molecule has 2 heteroatoms. The van der Waals surface area contributed by atoms with Crippen LogP contribution in [0.1, 0.15) is 18.4 Å². The van der Waals surface area contributed by atoms with Crippen LogP contribution in [0.4, 0.5) is 0 Å². The molecule has 1 atom stereocenters. The van der Waals surface area contributed by atoms with Gasteiger partial charge in [-0.2, -0.15) is 0 Å². The van der Waals surface area contributed by atoms with Crippen LogP contribution in [0.25, 0.3) is 10.9 Å². The van der Waals surface area contributed by atoms with E-state index in [4.69, 9.17) is 5.73 Å². The van der Waals surface area contributed by atoms with Crippen LogP contribution in [-0.4, -0.2) is 11.1 Å². The lowest BCUT2D eigenvalue weighted by atomic mass is 10.1. The van der Waals surface area contributed by atoms with Gasteiger partial charge in [-0.3, -0.25) is 0 Å². The number of para-hydroxylation sites is 1. The third-order valence-electron chi connectivity index (χ3n) is 3.53. The minimum Gasteiger partial charge on any atom is -0.347 e. The first kappa shape index (κ1) is 10.8. The lowest BCUT2D eigenvalue weighted by molar-refractivity contribution is 0.667. The highest BCUT2D eigenvalue weighted by Gasteiger charge is 2.23. The molecule has 3 rings (SSSR count). The summed E-state index contributed by atoms with van der Waals surface area (Å²) in [5.41, 5.74) is 8.45. The molecule has 1 saturated carbocycles. The molecule has 1 aliphatic rings. The van der Waals surface area contributed by atoms with Crippen LogP contribution in [0, 0.1) is 12.3 Å². The third kappa shape index (κ3) is 2.22. The van der Waals surface area contributed by atoms with Crippen LogP contribution in [-0.2, 0) is 13.0 Å². The minimum atomic E-state index is 0.762. The van der Waals surface area contributed by atoms with E-state index in [0.717, 1.165) is 25.4 Å². The first-order chi connectivity index (χ1) is 8.38. The highest BCUT2D eigenvalue weighted by Crippen LogP contribution is 2.34. The predicted octanol–water partition coefficient (Wildman–Crippen LogP) is 2.76. The summed E-state index contributed by atoms with van der Waals surface area (Å²) in [6, 6.07) is 8.71. The molecule has 0 amide bonds. The maximum Gasteiger partial charge on any atom is 0.0483 e. The minimum absolute atomic E-state index is 0.762. The zero-order chi connectivity index (χ0) is 11.7. The first-order valence-electron chi connectivity index (χ1n) is 6.48. The van der Waals surface area contributed by atoms with Gasteiger partial charge in [0, 0.05) is 23.6 Å². The molecule has 1 aromatic carbocycles. The highest BCUT2D eigenvalue weighted by molar-refractivity contribution is 5.84. The van der Waals surface area contributed by atoms with Gasteiger partial charge in [-0.1, -0.05) is 18.2 Å². The van der Waals surface area contributed by atoms with Crippen LogP contribution >= 0.6 is 0 Å². The van der Waals surface area contributed by atoms with Crippen LogP contribution in [0.15, 0.2) is 30.5 Å². The number of aromatic nitrogens is 1. The molecular weight excluding hydrogens is 208 g/mol. The van der Waals surface area contributed by atoms with Gasteiger partial charge in [0.2, 0.25) is 0 Å². The maximum atomic E-state index is 5.60. The summed E-state index contributed by atoms with van der Waals surface area (Å²) in [5, 5.41) is 1.42. The second-order valence-corrected chi connectivity index (χ2v) is 4.94. The molecule has 1 aliphatic carbocycles. The summed E-state index contributed by atoms with van der Waals surface area (Å²) in [6.45, 7) is 1.80. The number of nitrogens with two attached hydrogens (primary N) is 1. The Morgan fingerprint density at radius 2 is 2.12 bits per heavy atom. The summed E-state index contributed by atoms with van der Waals surface area (Å²) in [5.74, 6) is 0.823. The van der Waals surface area contributed by atoms with Gasteiger partial charge in [0.05, 0.1) is 0 Å². The molecule has 2 nitrogen and oxygen atoms in total. The Kier molecular flexibility index (Phi) is 2.89. The maximum absolute atomic E-state index is 5.60. The largest absolute Gasteiger partial charge is 0.347 e. The fraction of sp³-hybridized carbons (Fsp3) is 0.400. The van der Waals surface area contributed by atoms with E-state index < -0.39 is 0 Å². The molecule has 89 valence electrons. The van der Waals surface area contributed by atoms with E-state index in [0.29, 0.717) is 0 Å². The molecule has 2 aromatic rings. The Hall–Kier alpha value is -1.28. The number of aryl methyl sites for hydroxylation is 1. The number of hydrogen-bond acceptors (Lipinski definition) is 1. The quantitative estimate of drug-likeness (QED) is 0.836. The van der Waals surface area contributed by atoms with Crippen molar-refractivity contribution < 1.29 is 0 Å². The van der Waals surface area contributed by atoms with Crippen molar-refractivity contribution in [1.82, 2.24) is 4.57 Å². The highest BCUT2D eigenvalue weighted by atomic mass is 15.0. The Labute approximate surface area is 102 Å². The van der Waals surface area contributed by atoms with Crippen LogP contribution < -0.4 is 5.73 Å². The molecule has 0 aliphatic heterocycles. The molecular formula is C15H19N2. The summed E-state index contributed by atoms with van der Waals surface area (Å²) in [6.07, 6.45) is 8.27. The number of rotatable bonds is 5. The Bertz CT molecular complexity index is 509. The van der Waals surface area contributed by atoms with E-state index >= 15 is 0 Å². The standard InChI is InChI=1S/C15H19N2/c16-8-3-9-17-11-13(10-12-6-7-12)14-4-1-2-5-15(14)17/h1-2,4-6,11-12H,3,7-10,16H2. The predicted molar refractivity (Wildman–Crippen MR) is 71.7 cm³/mol. The van der Waals surface area contributed by atoms with Crippen molar-refractivity contribution in [1.29, 1.82) is 0 Å². The summed E-state index contributed by atoms with van der Waals surface area (Å²) in [4.78, 5) is 0. The third-order valence-corrected chi connectivity index (χ3v) is 3.53. The Balaban J connectivity index is 1.96. The smallest absolute Gasteiger partial charge is 0.0483 e. The van der Waals surface area contributed by atoms with Gasteiger partial charge in [-0.05, 0) is 49.8 Å². The molecule has 2 N–H and O–H groups in total. The zero-order valence-corrected chi connectivity index (χ0v) is 10.1. The molecule has 1 aromatic heterocycles. The van der Waals surface area contributed by atoms with Gasteiger partial charge in [0.1, 0.15) is 0 Å². The number of hydrogen-bond donors (Lipinski definition) is 1. The molecule has 17 heavy (non-hydrogen) atoms. The van der Waals surface area contributed by atoms with E-state index in [-0.39, 0.29) is 0 Å². The monoisotopic (exact) mass is 227 g/mol. The second-order valence-electron chi connectivity index (χ2n) is 4.94. The van der Waals surface area contributed by atoms with Gasteiger partial charge in [-0.15, -0.1) is 0 Å².